The van der Waals surface area contributed by atoms with Crippen molar-refractivity contribution in [2.45, 2.75) is 12.7 Å². The average Bonchev–Trinajstić information content (AvgIpc) is 3.29. The molecule has 13 heteroatoms. The van der Waals surface area contributed by atoms with Gasteiger partial charge in [0.2, 0.25) is 0 Å². The SMILES string of the molecule is O=C(Nc1sc(-c2ccccc2)nc1C(=O)NCc1ccccc1C(F)(F)F)c1cc(Cl)c(O)c(Cl)n1. The van der Waals surface area contributed by atoms with Crippen molar-refractivity contribution in [1.82, 2.24) is 15.3 Å². The van der Waals surface area contributed by atoms with Crippen molar-refractivity contribution in [3.8, 4) is 16.3 Å². The van der Waals surface area contributed by atoms with Gasteiger partial charge in [0.25, 0.3) is 11.8 Å². The molecule has 0 aliphatic carbocycles. The van der Waals surface area contributed by atoms with Gasteiger partial charge >= 0.3 is 6.18 Å². The number of carbonyl (C=O) groups excluding carboxylic acids is 2. The van der Waals surface area contributed by atoms with Crippen LogP contribution in [0.3, 0.4) is 0 Å². The number of hydrogen-bond acceptors (Lipinski definition) is 6. The zero-order valence-electron chi connectivity index (χ0n) is 18.4. The molecule has 7 nitrogen and oxygen atoms in total. The highest BCUT2D eigenvalue weighted by atomic mass is 35.5. The second-order valence-electron chi connectivity index (χ2n) is 7.48. The second kappa shape index (κ2) is 10.8. The maximum atomic E-state index is 13.3. The van der Waals surface area contributed by atoms with E-state index >= 15 is 0 Å². The Bertz CT molecular complexity index is 1460. The summed E-state index contributed by atoms with van der Waals surface area (Å²) in [6.45, 7) is -0.426. The Kier molecular flexibility index (Phi) is 7.67. The fourth-order valence-electron chi connectivity index (χ4n) is 3.23. The van der Waals surface area contributed by atoms with Crippen LogP contribution in [0.1, 0.15) is 32.1 Å². The number of amides is 2. The Labute approximate surface area is 221 Å². The predicted molar refractivity (Wildman–Crippen MR) is 134 cm³/mol. The summed E-state index contributed by atoms with van der Waals surface area (Å²) in [5.74, 6) is -2.10. The number of hydrogen-bond donors (Lipinski definition) is 3. The third kappa shape index (κ3) is 6.01. The lowest BCUT2D eigenvalue weighted by molar-refractivity contribution is -0.138. The van der Waals surface area contributed by atoms with Gasteiger partial charge in [-0.25, -0.2) is 9.97 Å². The van der Waals surface area contributed by atoms with Crippen molar-refractivity contribution >= 4 is 51.4 Å². The Morgan fingerprint density at radius 2 is 1.65 bits per heavy atom. The maximum absolute atomic E-state index is 13.3. The summed E-state index contributed by atoms with van der Waals surface area (Å²) in [6, 6.07) is 14.7. The van der Waals surface area contributed by atoms with Gasteiger partial charge in [-0.15, -0.1) is 0 Å². The lowest BCUT2D eigenvalue weighted by Gasteiger charge is -2.13. The van der Waals surface area contributed by atoms with E-state index in [-0.39, 0.29) is 27.0 Å². The van der Waals surface area contributed by atoms with Crippen LogP contribution in [0.25, 0.3) is 10.6 Å². The van der Waals surface area contributed by atoms with Crippen molar-refractivity contribution in [1.29, 1.82) is 0 Å². The minimum absolute atomic E-state index is 0.0209. The van der Waals surface area contributed by atoms with E-state index in [2.05, 4.69) is 20.6 Å². The van der Waals surface area contributed by atoms with Gasteiger partial charge in [0.15, 0.2) is 16.6 Å². The second-order valence-corrected chi connectivity index (χ2v) is 9.25. The summed E-state index contributed by atoms with van der Waals surface area (Å²) in [7, 11) is 0. The molecule has 0 atom stereocenters. The van der Waals surface area contributed by atoms with E-state index in [0.29, 0.717) is 10.6 Å². The van der Waals surface area contributed by atoms with Gasteiger partial charge in [0, 0.05) is 12.1 Å². The topological polar surface area (TPSA) is 104 Å². The number of anilines is 1. The molecule has 190 valence electrons. The molecule has 0 aliphatic heterocycles. The summed E-state index contributed by atoms with van der Waals surface area (Å²) in [5.41, 5.74) is -0.812. The summed E-state index contributed by atoms with van der Waals surface area (Å²) >= 11 is 12.6. The molecule has 0 bridgehead atoms. The van der Waals surface area contributed by atoms with Crippen LogP contribution < -0.4 is 10.6 Å². The molecule has 2 amide bonds. The minimum atomic E-state index is -4.60. The quantitative estimate of drug-likeness (QED) is 0.234. The van der Waals surface area contributed by atoms with Crippen LogP contribution in [-0.2, 0) is 12.7 Å². The van der Waals surface area contributed by atoms with Crippen LogP contribution in [-0.4, -0.2) is 26.9 Å². The number of halogens is 5. The molecular formula is C24H15Cl2F3N4O3S. The minimum Gasteiger partial charge on any atom is -0.504 e. The fourth-order valence-corrected chi connectivity index (χ4v) is 4.63. The van der Waals surface area contributed by atoms with Crippen molar-refractivity contribution in [2.75, 3.05) is 5.32 Å². The third-order valence-electron chi connectivity index (χ3n) is 4.99. The molecule has 0 saturated heterocycles. The van der Waals surface area contributed by atoms with Crippen LogP contribution in [0.2, 0.25) is 10.2 Å². The first-order valence-corrected chi connectivity index (χ1v) is 12.0. The average molecular weight is 567 g/mol. The molecule has 4 aromatic rings. The normalized spacial score (nSPS) is 11.3. The standard InChI is InChI=1S/C24H15Cl2F3N4O3S/c25-15-10-16(31-19(26)18(15)34)20(35)33-23-17(32-22(37-23)12-6-2-1-3-7-12)21(36)30-11-13-8-4-5-9-14(13)24(27,28)29/h1-10,34H,11H2,(H,30,36)(H,33,35). The van der Waals surface area contributed by atoms with Crippen LogP contribution in [0.5, 0.6) is 5.75 Å². The molecule has 0 radical (unpaired) electrons. The zero-order valence-corrected chi connectivity index (χ0v) is 20.8. The van der Waals surface area contributed by atoms with Crippen molar-refractivity contribution in [3.05, 3.63) is 93.4 Å². The first-order valence-electron chi connectivity index (χ1n) is 10.4. The smallest absolute Gasteiger partial charge is 0.416 e. The molecule has 0 saturated carbocycles. The number of alkyl halides is 3. The number of pyridine rings is 1. The lowest BCUT2D eigenvalue weighted by atomic mass is 10.1. The molecule has 2 aromatic heterocycles. The number of nitrogens with zero attached hydrogens (tertiary/aromatic N) is 2. The molecule has 3 N–H and O–H groups in total. The molecule has 0 fully saturated rings. The first-order chi connectivity index (χ1) is 17.5. The highest BCUT2D eigenvalue weighted by molar-refractivity contribution is 7.19. The largest absolute Gasteiger partial charge is 0.504 e. The van der Waals surface area contributed by atoms with E-state index in [1.54, 1.807) is 30.3 Å². The van der Waals surface area contributed by atoms with Gasteiger partial charge in [-0.2, -0.15) is 13.2 Å². The van der Waals surface area contributed by atoms with Crippen LogP contribution in [0.4, 0.5) is 18.2 Å². The van der Waals surface area contributed by atoms with E-state index in [1.165, 1.54) is 18.2 Å². The van der Waals surface area contributed by atoms with E-state index in [0.717, 1.165) is 23.5 Å². The molecule has 0 spiro atoms. The van der Waals surface area contributed by atoms with Crippen LogP contribution in [0.15, 0.2) is 60.7 Å². The highest BCUT2D eigenvalue weighted by Gasteiger charge is 2.33. The number of nitrogens with one attached hydrogen (secondary N) is 2. The number of rotatable bonds is 6. The molecule has 37 heavy (non-hydrogen) atoms. The molecular weight excluding hydrogens is 552 g/mol. The number of aromatic nitrogens is 2. The van der Waals surface area contributed by atoms with E-state index in [4.69, 9.17) is 23.2 Å². The molecule has 0 aliphatic rings. The van der Waals surface area contributed by atoms with Gasteiger partial charge in [-0.1, -0.05) is 83.1 Å². The number of benzene rings is 2. The maximum Gasteiger partial charge on any atom is 0.416 e. The van der Waals surface area contributed by atoms with E-state index in [1.807, 2.05) is 0 Å². The Morgan fingerprint density at radius 3 is 2.32 bits per heavy atom. The predicted octanol–water partition coefficient (Wildman–Crippen LogP) is 6.42. The van der Waals surface area contributed by atoms with Crippen LogP contribution in [0, 0.1) is 0 Å². The summed E-state index contributed by atoms with van der Waals surface area (Å²) in [4.78, 5) is 34.0. The molecule has 2 aromatic carbocycles. The summed E-state index contributed by atoms with van der Waals surface area (Å²) < 4.78 is 40.0. The van der Waals surface area contributed by atoms with Crippen molar-refractivity contribution in [3.63, 3.8) is 0 Å². The molecule has 4 rings (SSSR count). The fraction of sp³-hybridized carbons (Fsp3) is 0.0833. The van der Waals surface area contributed by atoms with E-state index in [9.17, 15) is 27.9 Å². The Hall–Kier alpha value is -3.67. The monoisotopic (exact) mass is 566 g/mol. The number of aromatic hydroxyl groups is 1. The summed E-state index contributed by atoms with van der Waals surface area (Å²) in [5, 5.41) is 14.4. The molecule has 2 heterocycles. The first kappa shape index (κ1) is 26.4. The van der Waals surface area contributed by atoms with Crippen molar-refractivity contribution < 1.29 is 27.9 Å². The Balaban J connectivity index is 1.64. The lowest BCUT2D eigenvalue weighted by Crippen LogP contribution is -2.26. The van der Waals surface area contributed by atoms with Gasteiger partial charge in [0.1, 0.15) is 15.7 Å². The molecule has 0 unspecified atom stereocenters. The van der Waals surface area contributed by atoms with Gasteiger partial charge in [-0.05, 0) is 17.7 Å². The van der Waals surface area contributed by atoms with Crippen molar-refractivity contribution in [2.24, 2.45) is 0 Å². The van der Waals surface area contributed by atoms with Gasteiger partial charge < -0.3 is 15.7 Å². The third-order valence-corrected chi connectivity index (χ3v) is 6.56. The number of thiazole rings is 1. The van der Waals surface area contributed by atoms with Gasteiger partial charge in [-0.3, -0.25) is 9.59 Å². The Morgan fingerprint density at radius 1 is 0.973 bits per heavy atom. The van der Waals surface area contributed by atoms with E-state index < -0.39 is 41.0 Å². The highest BCUT2D eigenvalue weighted by Crippen LogP contribution is 2.35. The van der Waals surface area contributed by atoms with Gasteiger partial charge in [0.05, 0.1) is 10.6 Å². The van der Waals surface area contributed by atoms with Crippen LogP contribution >= 0.6 is 34.5 Å². The summed E-state index contributed by atoms with van der Waals surface area (Å²) in [6.07, 6.45) is -4.60. The number of carbonyl (C=O) groups is 2. The zero-order chi connectivity index (χ0) is 26.7.